The number of aliphatic hydroxyl groups is 1. The number of aromatic nitrogens is 3. The largest absolute Gasteiger partial charge is 0.388 e. The standard InChI is InChI=1S/C12H16N4O/c1-8-10(7-15-16(8)2)11(17)6-9-4-3-5-14-12(9)13/h3-5,7,11,17H,6H2,1-2H3,(H2,13,14). The third kappa shape index (κ3) is 2.29. The molecule has 0 aliphatic heterocycles. The molecule has 0 saturated carbocycles. The zero-order valence-electron chi connectivity index (χ0n) is 9.96. The minimum Gasteiger partial charge on any atom is -0.388 e. The number of hydrogen-bond acceptors (Lipinski definition) is 4. The van der Waals surface area contributed by atoms with Crippen LogP contribution in [0.2, 0.25) is 0 Å². The van der Waals surface area contributed by atoms with Crippen molar-refractivity contribution in [2.75, 3.05) is 5.73 Å². The van der Waals surface area contributed by atoms with Gasteiger partial charge in [0.25, 0.3) is 0 Å². The Morgan fingerprint density at radius 3 is 2.88 bits per heavy atom. The predicted octanol–water partition coefficient (Wildman–Crippen LogP) is 0.982. The molecule has 17 heavy (non-hydrogen) atoms. The van der Waals surface area contributed by atoms with Gasteiger partial charge in [-0.05, 0) is 18.6 Å². The van der Waals surface area contributed by atoms with Gasteiger partial charge in [-0.25, -0.2) is 4.98 Å². The predicted molar refractivity (Wildman–Crippen MR) is 65.3 cm³/mol. The van der Waals surface area contributed by atoms with Crippen LogP contribution in [0.5, 0.6) is 0 Å². The molecule has 0 spiro atoms. The van der Waals surface area contributed by atoms with Crippen LogP contribution in [-0.2, 0) is 13.5 Å². The lowest BCUT2D eigenvalue weighted by molar-refractivity contribution is 0.177. The molecule has 0 amide bonds. The van der Waals surface area contributed by atoms with E-state index < -0.39 is 6.10 Å². The molecule has 2 aromatic heterocycles. The molecule has 90 valence electrons. The first-order valence-corrected chi connectivity index (χ1v) is 5.45. The maximum absolute atomic E-state index is 10.2. The van der Waals surface area contributed by atoms with Crippen molar-refractivity contribution in [3.8, 4) is 0 Å². The third-order valence-electron chi connectivity index (χ3n) is 2.97. The summed E-state index contributed by atoms with van der Waals surface area (Å²) >= 11 is 0. The number of nitrogens with two attached hydrogens (primary N) is 1. The highest BCUT2D eigenvalue weighted by atomic mass is 16.3. The molecule has 0 aliphatic rings. The summed E-state index contributed by atoms with van der Waals surface area (Å²) in [6.07, 6.45) is 3.18. The summed E-state index contributed by atoms with van der Waals surface area (Å²) < 4.78 is 1.74. The van der Waals surface area contributed by atoms with E-state index in [1.165, 1.54) is 0 Å². The third-order valence-corrected chi connectivity index (χ3v) is 2.97. The van der Waals surface area contributed by atoms with Gasteiger partial charge in [-0.15, -0.1) is 0 Å². The van der Waals surface area contributed by atoms with Crippen molar-refractivity contribution in [3.63, 3.8) is 0 Å². The molecule has 1 unspecified atom stereocenters. The molecule has 0 radical (unpaired) electrons. The Morgan fingerprint density at radius 2 is 2.29 bits per heavy atom. The molecule has 3 N–H and O–H groups in total. The number of anilines is 1. The molecule has 0 aromatic carbocycles. The fraction of sp³-hybridized carbons (Fsp3) is 0.333. The van der Waals surface area contributed by atoms with Crippen LogP contribution in [0.4, 0.5) is 5.82 Å². The van der Waals surface area contributed by atoms with E-state index in [-0.39, 0.29) is 0 Å². The second-order valence-corrected chi connectivity index (χ2v) is 4.08. The Labute approximate surface area is 99.9 Å². The van der Waals surface area contributed by atoms with Crippen LogP contribution < -0.4 is 5.73 Å². The van der Waals surface area contributed by atoms with E-state index in [0.717, 1.165) is 16.8 Å². The van der Waals surface area contributed by atoms with Gasteiger partial charge in [0, 0.05) is 30.9 Å². The monoisotopic (exact) mass is 232 g/mol. The van der Waals surface area contributed by atoms with Crippen LogP contribution in [0.3, 0.4) is 0 Å². The van der Waals surface area contributed by atoms with Gasteiger partial charge < -0.3 is 10.8 Å². The SMILES string of the molecule is Cc1c(C(O)Cc2cccnc2N)cnn1C. The molecule has 0 saturated heterocycles. The minimum absolute atomic E-state index is 0.451. The van der Waals surface area contributed by atoms with Crippen molar-refractivity contribution in [2.45, 2.75) is 19.4 Å². The van der Waals surface area contributed by atoms with Gasteiger partial charge in [0.05, 0.1) is 12.3 Å². The van der Waals surface area contributed by atoms with Crippen molar-refractivity contribution < 1.29 is 5.11 Å². The number of nitrogen functional groups attached to an aromatic ring is 1. The molecular weight excluding hydrogens is 216 g/mol. The summed E-state index contributed by atoms with van der Waals surface area (Å²) in [5.74, 6) is 0.466. The van der Waals surface area contributed by atoms with Crippen molar-refractivity contribution in [1.82, 2.24) is 14.8 Å². The highest BCUT2D eigenvalue weighted by molar-refractivity contribution is 5.39. The van der Waals surface area contributed by atoms with E-state index >= 15 is 0 Å². The second kappa shape index (κ2) is 4.55. The Kier molecular flexibility index (Phi) is 3.10. The molecular formula is C12H16N4O. The van der Waals surface area contributed by atoms with Crippen LogP contribution in [0.1, 0.15) is 22.9 Å². The quantitative estimate of drug-likeness (QED) is 0.827. The van der Waals surface area contributed by atoms with Crippen LogP contribution in [0, 0.1) is 6.92 Å². The normalized spacial score (nSPS) is 12.6. The molecule has 0 bridgehead atoms. The number of aryl methyl sites for hydroxylation is 1. The smallest absolute Gasteiger partial charge is 0.126 e. The topological polar surface area (TPSA) is 77.0 Å². The zero-order chi connectivity index (χ0) is 12.4. The van der Waals surface area contributed by atoms with Crippen molar-refractivity contribution in [1.29, 1.82) is 0 Å². The Morgan fingerprint density at radius 1 is 1.53 bits per heavy atom. The number of hydrogen-bond donors (Lipinski definition) is 2. The lowest BCUT2D eigenvalue weighted by Crippen LogP contribution is -2.06. The number of rotatable bonds is 3. The number of pyridine rings is 1. The summed E-state index contributed by atoms with van der Waals surface area (Å²) in [4.78, 5) is 4.00. The van der Waals surface area contributed by atoms with Crippen LogP contribution >= 0.6 is 0 Å². The maximum atomic E-state index is 10.2. The van der Waals surface area contributed by atoms with Crippen LogP contribution in [-0.4, -0.2) is 19.9 Å². The summed E-state index contributed by atoms with van der Waals surface area (Å²) in [7, 11) is 1.85. The molecule has 0 aliphatic carbocycles. The van der Waals surface area contributed by atoms with E-state index in [2.05, 4.69) is 10.1 Å². The fourth-order valence-corrected chi connectivity index (χ4v) is 1.78. The molecule has 2 aromatic rings. The van der Waals surface area contributed by atoms with Gasteiger partial charge in [-0.2, -0.15) is 5.10 Å². The molecule has 5 nitrogen and oxygen atoms in total. The van der Waals surface area contributed by atoms with Gasteiger partial charge in [0.1, 0.15) is 5.82 Å². The first-order chi connectivity index (χ1) is 8.09. The van der Waals surface area contributed by atoms with Crippen molar-refractivity contribution in [2.24, 2.45) is 7.05 Å². The lowest BCUT2D eigenvalue weighted by Gasteiger charge is -2.11. The summed E-state index contributed by atoms with van der Waals surface area (Å²) in [6, 6.07) is 3.69. The first kappa shape index (κ1) is 11.6. The molecule has 2 rings (SSSR count). The van der Waals surface area contributed by atoms with Gasteiger partial charge in [0.2, 0.25) is 0 Å². The average Bonchev–Trinajstić information content (AvgIpc) is 2.63. The van der Waals surface area contributed by atoms with Crippen LogP contribution in [0.25, 0.3) is 0 Å². The summed E-state index contributed by atoms with van der Waals surface area (Å²) in [5.41, 5.74) is 8.39. The zero-order valence-corrected chi connectivity index (χ0v) is 9.96. The molecule has 0 fully saturated rings. The second-order valence-electron chi connectivity index (χ2n) is 4.08. The Hall–Kier alpha value is -1.88. The molecule has 2 heterocycles. The minimum atomic E-state index is -0.602. The van der Waals surface area contributed by atoms with Gasteiger partial charge in [-0.3, -0.25) is 4.68 Å². The van der Waals surface area contributed by atoms with E-state index in [1.807, 2.05) is 26.1 Å². The van der Waals surface area contributed by atoms with E-state index in [4.69, 9.17) is 5.73 Å². The van der Waals surface area contributed by atoms with Crippen molar-refractivity contribution >= 4 is 5.82 Å². The highest BCUT2D eigenvalue weighted by Crippen LogP contribution is 2.22. The Bertz CT molecular complexity index is 521. The van der Waals surface area contributed by atoms with E-state index in [0.29, 0.717) is 12.2 Å². The van der Waals surface area contributed by atoms with Gasteiger partial charge in [0.15, 0.2) is 0 Å². The van der Waals surface area contributed by atoms with E-state index in [9.17, 15) is 5.11 Å². The fourth-order valence-electron chi connectivity index (χ4n) is 1.78. The van der Waals surface area contributed by atoms with E-state index in [1.54, 1.807) is 17.1 Å². The summed E-state index contributed by atoms with van der Waals surface area (Å²) in [6.45, 7) is 1.93. The number of aliphatic hydroxyl groups excluding tert-OH is 1. The average molecular weight is 232 g/mol. The van der Waals surface area contributed by atoms with Gasteiger partial charge in [-0.1, -0.05) is 6.07 Å². The number of nitrogens with zero attached hydrogens (tertiary/aromatic N) is 3. The van der Waals surface area contributed by atoms with Gasteiger partial charge >= 0.3 is 0 Å². The molecule has 1 atom stereocenters. The highest BCUT2D eigenvalue weighted by Gasteiger charge is 2.15. The first-order valence-electron chi connectivity index (χ1n) is 5.45. The van der Waals surface area contributed by atoms with Crippen LogP contribution in [0.15, 0.2) is 24.5 Å². The maximum Gasteiger partial charge on any atom is 0.126 e. The summed E-state index contributed by atoms with van der Waals surface area (Å²) in [5, 5.41) is 14.3. The Balaban J connectivity index is 2.20. The van der Waals surface area contributed by atoms with Crippen molar-refractivity contribution in [3.05, 3.63) is 41.3 Å². The lowest BCUT2D eigenvalue weighted by atomic mass is 10.0. The molecule has 5 heteroatoms.